The molecule has 0 saturated carbocycles. The average molecular weight is 281 g/mol. The highest BCUT2D eigenvalue weighted by atomic mass is 16.3. The Balaban J connectivity index is 1.88. The van der Waals surface area contributed by atoms with Crippen molar-refractivity contribution in [2.24, 2.45) is 0 Å². The molecule has 4 heteroatoms. The number of fused-ring (bicyclic) bond motifs is 1. The quantitative estimate of drug-likeness (QED) is 0.799. The molecule has 2 aromatic heterocycles. The molecule has 4 nitrogen and oxygen atoms in total. The van der Waals surface area contributed by atoms with E-state index in [1.165, 1.54) is 0 Å². The summed E-state index contributed by atoms with van der Waals surface area (Å²) in [6.07, 6.45) is 3.70. The van der Waals surface area contributed by atoms with Crippen LogP contribution in [0.3, 0.4) is 0 Å². The molecule has 0 spiro atoms. The number of hydrogen-bond donors (Lipinski definition) is 1. The second kappa shape index (κ2) is 5.66. The first kappa shape index (κ1) is 13.8. The lowest BCUT2D eigenvalue weighted by molar-refractivity contribution is 0.174. The predicted molar refractivity (Wildman–Crippen MR) is 83.0 cm³/mol. The molecule has 1 N–H and O–H groups in total. The van der Waals surface area contributed by atoms with Gasteiger partial charge in [-0.3, -0.25) is 9.67 Å². The summed E-state index contributed by atoms with van der Waals surface area (Å²) in [5.41, 5.74) is 3.81. The summed E-state index contributed by atoms with van der Waals surface area (Å²) in [5.74, 6) is 0. The number of benzene rings is 1. The van der Waals surface area contributed by atoms with Crippen LogP contribution in [0.15, 0.2) is 42.7 Å². The minimum atomic E-state index is -0.609. The molecule has 0 aliphatic heterocycles. The summed E-state index contributed by atoms with van der Waals surface area (Å²) in [7, 11) is 0. The molecule has 1 unspecified atom stereocenters. The van der Waals surface area contributed by atoms with Crippen LogP contribution in [0.25, 0.3) is 10.9 Å². The van der Waals surface area contributed by atoms with Gasteiger partial charge in [-0.2, -0.15) is 5.10 Å². The van der Waals surface area contributed by atoms with Crippen LogP contribution in [-0.2, 0) is 13.0 Å². The zero-order chi connectivity index (χ0) is 14.8. The maximum absolute atomic E-state index is 10.4. The summed E-state index contributed by atoms with van der Waals surface area (Å²) < 4.78 is 1.86. The zero-order valence-electron chi connectivity index (χ0n) is 12.3. The van der Waals surface area contributed by atoms with Crippen LogP contribution in [-0.4, -0.2) is 19.9 Å². The van der Waals surface area contributed by atoms with Crippen molar-refractivity contribution in [1.29, 1.82) is 0 Å². The number of pyridine rings is 1. The first-order valence-electron chi connectivity index (χ1n) is 7.23. The molecule has 108 valence electrons. The third-order valence-corrected chi connectivity index (χ3v) is 3.72. The normalized spacial score (nSPS) is 12.7. The molecule has 0 aliphatic carbocycles. The van der Waals surface area contributed by atoms with Gasteiger partial charge in [0.1, 0.15) is 6.10 Å². The number of aliphatic hydroxyl groups is 1. The van der Waals surface area contributed by atoms with Crippen molar-refractivity contribution in [3.63, 3.8) is 0 Å². The number of nitrogens with zero attached hydrogens (tertiary/aromatic N) is 3. The number of aliphatic hydroxyl groups excluding tert-OH is 1. The molecular formula is C17H19N3O. The topological polar surface area (TPSA) is 50.9 Å². The molecule has 3 aromatic rings. The van der Waals surface area contributed by atoms with Crippen LogP contribution in [0.2, 0.25) is 0 Å². The van der Waals surface area contributed by atoms with Gasteiger partial charge in [-0.25, -0.2) is 0 Å². The van der Waals surface area contributed by atoms with Gasteiger partial charge in [-0.1, -0.05) is 18.2 Å². The maximum Gasteiger partial charge on any atom is 0.100 e. The molecule has 0 fully saturated rings. The van der Waals surface area contributed by atoms with Gasteiger partial charge in [0.2, 0.25) is 0 Å². The first-order chi connectivity index (χ1) is 10.2. The third kappa shape index (κ3) is 2.81. The second-order valence-corrected chi connectivity index (χ2v) is 5.31. The molecule has 0 bridgehead atoms. The Hall–Kier alpha value is -2.20. The van der Waals surface area contributed by atoms with E-state index in [0.29, 0.717) is 6.42 Å². The monoisotopic (exact) mass is 281 g/mol. The lowest BCUT2D eigenvalue weighted by atomic mass is 10.0. The fourth-order valence-corrected chi connectivity index (χ4v) is 2.56. The van der Waals surface area contributed by atoms with Gasteiger partial charge >= 0.3 is 0 Å². The first-order valence-corrected chi connectivity index (χ1v) is 7.23. The largest absolute Gasteiger partial charge is 0.386 e. The van der Waals surface area contributed by atoms with E-state index < -0.39 is 6.10 Å². The van der Waals surface area contributed by atoms with Gasteiger partial charge in [0, 0.05) is 24.5 Å². The Morgan fingerprint density at radius 2 is 2.10 bits per heavy atom. The molecule has 0 radical (unpaired) electrons. The number of hydrogen-bond acceptors (Lipinski definition) is 3. The summed E-state index contributed by atoms with van der Waals surface area (Å²) in [6.45, 7) is 4.93. The van der Waals surface area contributed by atoms with Crippen LogP contribution in [0, 0.1) is 6.92 Å². The number of aryl methyl sites for hydroxylation is 2. The van der Waals surface area contributed by atoms with E-state index in [-0.39, 0.29) is 0 Å². The van der Waals surface area contributed by atoms with E-state index in [2.05, 4.69) is 23.1 Å². The van der Waals surface area contributed by atoms with Crippen molar-refractivity contribution < 1.29 is 5.11 Å². The fraction of sp³-hybridized carbons (Fsp3) is 0.294. The van der Waals surface area contributed by atoms with Gasteiger partial charge in [0.05, 0.1) is 17.4 Å². The molecule has 0 saturated heterocycles. The van der Waals surface area contributed by atoms with E-state index in [1.807, 2.05) is 42.1 Å². The van der Waals surface area contributed by atoms with Crippen LogP contribution >= 0.6 is 0 Å². The molecule has 2 heterocycles. The van der Waals surface area contributed by atoms with Crippen molar-refractivity contribution in [3.05, 3.63) is 59.5 Å². The molecule has 1 aromatic carbocycles. The number of rotatable bonds is 4. The smallest absolute Gasteiger partial charge is 0.100 e. The maximum atomic E-state index is 10.4. The standard InChI is InChI=1S/C17H19N3O/c1-3-20-11-13(10-18-20)9-17(21)16-8-12(2)14-6-4-5-7-15(14)19-16/h4-8,10-11,17,21H,3,9H2,1-2H3. The van der Waals surface area contributed by atoms with Crippen molar-refractivity contribution in [2.45, 2.75) is 32.9 Å². The Morgan fingerprint density at radius 3 is 2.86 bits per heavy atom. The molecular weight excluding hydrogens is 262 g/mol. The van der Waals surface area contributed by atoms with Gasteiger partial charge < -0.3 is 5.11 Å². The predicted octanol–water partition coefficient (Wildman–Crippen LogP) is 3.04. The van der Waals surface area contributed by atoms with Gasteiger partial charge in [0.25, 0.3) is 0 Å². The summed E-state index contributed by atoms with van der Waals surface area (Å²) in [4.78, 5) is 4.58. The lowest BCUT2D eigenvalue weighted by Gasteiger charge is -2.11. The molecule has 0 aliphatic rings. The van der Waals surface area contributed by atoms with Crippen molar-refractivity contribution in [2.75, 3.05) is 0 Å². The molecule has 0 amide bonds. The highest BCUT2D eigenvalue weighted by Crippen LogP contribution is 2.23. The van der Waals surface area contributed by atoms with Crippen molar-refractivity contribution in [3.8, 4) is 0 Å². The minimum absolute atomic E-state index is 0.533. The summed E-state index contributed by atoms with van der Waals surface area (Å²) in [6, 6.07) is 9.98. The summed E-state index contributed by atoms with van der Waals surface area (Å²) >= 11 is 0. The SMILES string of the molecule is CCn1cc(CC(O)c2cc(C)c3ccccc3n2)cn1. The summed E-state index contributed by atoms with van der Waals surface area (Å²) in [5, 5.41) is 15.8. The van der Waals surface area contributed by atoms with Crippen LogP contribution in [0.1, 0.15) is 29.8 Å². The molecule has 21 heavy (non-hydrogen) atoms. The van der Waals surface area contributed by atoms with Crippen LogP contribution < -0.4 is 0 Å². The highest BCUT2D eigenvalue weighted by molar-refractivity contribution is 5.82. The molecule has 3 rings (SSSR count). The van der Waals surface area contributed by atoms with E-state index in [1.54, 1.807) is 6.20 Å². The zero-order valence-corrected chi connectivity index (χ0v) is 12.3. The lowest BCUT2D eigenvalue weighted by Crippen LogP contribution is -2.05. The van der Waals surface area contributed by atoms with Crippen molar-refractivity contribution in [1.82, 2.24) is 14.8 Å². The Bertz CT molecular complexity index is 764. The Morgan fingerprint density at radius 1 is 1.29 bits per heavy atom. The van der Waals surface area contributed by atoms with Crippen molar-refractivity contribution >= 4 is 10.9 Å². The molecule has 1 atom stereocenters. The Labute approximate surface area is 124 Å². The van der Waals surface area contributed by atoms with Gasteiger partial charge in [-0.05, 0) is 37.1 Å². The Kier molecular flexibility index (Phi) is 3.71. The van der Waals surface area contributed by atoms with Gasteiger partial charge in [0.15, 0.2) is 0 Å². The fourth-order valence-electron chi connectivity index (χ4n) is 2.56. The van der Waals surface area contributed by atoms with E-state index in [9.17, 15) is 5.11 Å². The van der Waals surface area contributed by atoms with E-state index in [0.717, 1.165) is 34.3 Å². The number of para-hydroxylation sites is 1. The minimum Gasteiger partial charge on any atom is -0.386 e. The van der Waals surface area contributed by atoms with Crippen LogP contribution in [0.4, 0.5) is 0 Å². The third-order valence-electron chi connectivity index (χ3n) is 3.72. The van der Waals surface area contributed by atoms with E-state index in [4.69, 9.17) is 0 Å². The highest BCUT2D eigenvalue weighted by Gasteiger charge is 2.13. The van der Waals surface area contributed by atoms with Gasteiger partial charge in [-0.15, -0.1) is 0 Å². The number of aromatic nitrogens is 3. The van der Waals surface area contributed by atoms with E-state index >= 15 is 0 Å². The second-order valence-electron chi connectivity index (χ2n) is 5.31. The van der Waals surface area contributed by atoms with Crippen LogP contribution in [0.5, 0.6) is 0 Å². The average Bonchev–Trinajstić information content (AvgIpc) is 2.95.